The van der Waals surface area contributed by atoms with E-state index >= 15 is 8.78 Å². The minimum absolute atomic E-state index is 0.0648. The Hall–Kier alpha value is -2.55. The van der Waals surface area contributed by atoms with E-state index in [0.29, 0.717) is 6.07 Å². The number of halogens is 2. The number of anilines is 1. The van der Waals surface area contributed by atoms with E-state index in [9.17, 15) is 14.4 Å². The number of amides is 3. The zero-order valence-corrected chi connectivity index (χ0v) is 13.2. The van der Waals surface area contributed by atoms with Gasteiger partial charge >= 0.3 is 0 Å². The van der Waals surface area contributed by atoms with E-state index in [2.05, 4.69) is 0 Å². The number of nitrogens with one attached hydrogen (secondary N) is 2. The smallest absolute Gasteiger partial charge is 0.255 e. The van der Waals surface area contributed by atoms with Gasteiger partial charge in [0.1, 0.15) is 17.5 Å². The highest BCUT2D eigenvalue weighted by atomic mass is 19.1. The summed E-state index contributed by atoms with van der Waals surface area (Å²) in [6.45, 7) is -14.2. The lowest BCUT2D eigenvalue weighted by atomic mass is 10.0. The van der Waals surface area contributed by atoms with Gasteiger partial charge < -0.3 is 15.1 Å². The Labute approximate surface area is 159 Å². The number of piperazine rings is 1. The van der Waals surface area contributed by atoms with Crippen molar-refractivity contribution in [1.82, 2.24) is 15.5 Å². The summed E-state index contributed by atoms with van der Waals surface area (Å²) in [7, 11) is 0. The van der Waals surface area contributed by atoms with Gasteiger partial charge in [-0.3, -0.25) is 19.7 Å². The summed E-state index contributed by atoms with van der Waals surface area (Å²) >= 11 is 0. The molecule has 2 fully saturated rings. The van der Waals surface area contributed by atoms with Gasteiger partial charge in [0.15, 0.2) is 5.82 Å². The maximum absolute atomic E-state index is 15.7. The predicted octanol–water partition coefficient (Wildman–Crippen LogP) is 0.135. The number of imide groups is 1. The number of carbonyl (C=O) groups excluding carboxylic acids is 3. The first kappa shape index (κ1) is 9.96. The summed E-state index contributed by atoms with van der Waals surface area (Å²) in [6.07, 6.45) is -0.158. The fourth-order valence-electron chi connectivity index (χ4n) is 3.17. The molecule has 1 aromatic carbocycles. The van der Waals surface area contributed by atoms with E-state index in [-0.39, 0.29) is 17.7 Å². The van der Waals surface area contributed by atoms with Crippen LogP contribution in [0.25, 0.3) is 0 Å². The molecule has 2 N–H and O–H groups in total. The third-order valence-corrected chi connectivity index (χ3v) is 4.39. The molecule has 3 amide bonds. The van der Waals surface area contributed by atoms with Gasteiger partial charge in [0.05, 0.1) is 17.6 Å². The lowest BCUT2D eigenvalue weighted by Gasteiger charge is -2.30. The van der Waals surface area contributed by atoms with Gasteiger partial charge in [0, 0.05) is 43.5 Å². The van der Waals surface area contributed by atoms with E-state index < -0.39 is 84.7 Å². The van der Waals surface area contributed by atoms with Crippen LogP contribution in [0.1, 0.15) is 39.7 Å². The number of hydrogen-bond acceptors (Lipinski definition) is 5. The van der Waals surface area contributed by atoms with Crippen LogP contribution in [0.3, 0.4) is 0 Å². The van der Waals surface area contributed by atoms with Crippen molar-refractivity contribution >= 4 is 23.4 Å². The Bertz CT molecular complexity index is 1110. The minimum Gasteiger partial charge on any atom is -0.364 e. The Morgan fingerprint density at radius 3 is 2.62 bits per heavy atom. The predicted molar refractivity (Wildman–Crippen MR) is 87.5 cm³/mol. The zero-order valence-electron chi connectivity index (χ0n) is 21.2. The molecule has 3 aliphatic rings. The second-order valence-electron chi connectivity index (χ2n) is 5.88. The molecule has 7 nitrogen and oxygen atoms in total. The lowest BCUT2D eigenvalue weighted by Crippen LogP contribution is -2.52. The molecule has 4 rings (SSSR count). The third-order valence-electron chi connectivity index (χ3n) is 4.39. The van der Waals surface area contributed by atoms with Crippen LogP contribution in [0.5, 0.6) is 0 Å². The summed E-state index contributed by atoms with van der Waals surface area (Å²) in [6, 6.07) is -0.648. The molecular weight excluding hydrogens is 346 g/mol. The van der Waals surface area contributed by atoms with E-state index in [4.69, 9.17) is 11.0 Å². The number of piperidine rings is 1. The first-order valence-corrected chi connectivity index (χ1v) is 7.69. The van der Waals surface area contributed by atoms with Gasteiger partial charge in [-0.25, -0.2) is 8.78 Å². The molecule has 1 aromatic rings. The van der Waals surface area contributed by atoms with Crippen molar-refractivity contribution in [3.63, 3.8) is 0 Å². The van der Waals surface area contributed by atoms with Crippen LogP contribution in [0.4, 0.5) is 14.5 Å². The highest BCUT2D eigenvalue weighted by Crippen LogP contribution is 2.35. The fraction of sp³-hybridized carbons (Fsp3) is 0.471. The average molecular weight is 372 g/mol. The molecule has 0 spiro atoms. The summed E-state index contributed by atoms with van der Waals surface area (Å²) in [5, 5.41) is 3.61. The summed E-state index contributed by atoms with van der Waals surface area (Å²) in [5.74, 6) is -5.53. The molecule has 2 saturated heterocycles. The molecule has 0 radical (unpaired) electrons. The monoisotopic (exact) mass is 372 g/mol. The topological polar surface area (TPSA) is 81.8 Å². The summed E-state index contributed by atoms with van der Waals surface area (Å²) in [4.78, 5) is 37.0. The van der Waals surface area contributed by atoms with Crippen molar-refractivity contribution < 1.29 is 34.1 Å². The molecule has 3 heterocycles. The SMILES string of the molecule is [2H]C1([2H])NC([2H])([2H])C([2H])([2H])N(c2c(F)cc3c(c2F)CN(C2CCC(=O)NC2=O)C3=O)C1([2H])[2H]. The molecule has 26 heavy (non-hydrogen) atoms. The zero-order chi connectivity index (χ0) is 25.6. The molecule has 0 bridgehead atoms. The Balaban J connectivity index is 1.84. The van der Waals surface area contributed by atoms with Crippen molar-refractivity contribution in [2.24, 2.45) is 0 Å². The molecule has 1 atom stereocenters. The number of fused-ring (bicyclic) bond motifs is 1. The Morgan fingerprint density at radius 2 is 1.92 bits per heavy atom. The van der Waals surface area contributed by atoms with E-state index in [1.54, 1.807) is 5.32 Å². The van der Waals surface area contributed by atoms with Crippen LogP contribution < -0.4 is 15.5 Å². The first-order valence-electron chi connectivity index (χ1n) is 11.7. The van der Waals surface area contributed by atoms with E-state index in [1.807, 2.05) is 5.32 Å². The van der Waals surface area contributed by atoms with Crippen molar-refractivity contribution in [2.45, 2.75) is 25.4 Å². The fourth-order valence-corrected chi connectivity index (χ4v) is 3.17. The second kappa shape index (κ2) is 6.31. The number of carbonyl (C=O) groups is 3. The summed E-state index contributed by atoms with van der Waals surface area (Å²) < 4.78 is 94.5. The van der Waals surface area contributed by atoms with Crippen molar-refractivity contribution in [2.75, 3.05) is 30.9 Å². The highest BCUT2D eigenvalue weighted by Gasteiger charge is 2.41. The van der Waals surface area contributed by atoms with Crippen LogP contribution >= 0.6 is 0 Å². The van der Waals surface area contributed by atoms with Crippen LogP contribution in [0.15, 0.2) is 6.07 Å². The normalized spacial score (nSPS) is 35.6. The molecule has 3 aliphatic heterocycles. The molecule has 0 aromatic heterocycles. The second-order valence-corrected chi connectivity index (χ2v) is 5.88. The van der Waals surface area contributed by atoms with Crippen molar-refractivity contribution in [3.8, 4) is 0 Å². The van der Waals surface area contributed by atoms with Gasteiger partial charge in [0.25, 0.3) is 5.91 Å². The Kier molecular flexibility index (Phi) is 2.42. The minimum atomic E-state index is -3.50. The van der Waals surface area contributed by atoms with Crippen molar-refractivity contribution in [1.29, 1.82) is 0 Å². The molecule has 0 aliphatic carbocycles. The molecule has 9 heteroatoms. The molecule has 138 valence electrons. The standard InChI is InChI=1S/C17H18F2N4O3/c18-11-7-9-10(14(19)15(11)22-5-3-20-4-6-22)8-23(17(9)26)12-1-2-13(24)21-16(12)25/h7,12,20H,1-6,8H2,(H,21,24,25)/i3D2,4D2,5D2,6D2. The molecule has 1 unspecified atom stereocenters. The van der Waals surface area contributed by atoms with Crippen molar-refractivity contribution in [3.05, 3.63) is 28.8 Å². The number of nitrogens with zero attached hydrogens (tertiary/aromatic N) is 2. The number of rotatable bonds is 2. The average Bonchev–Trinajstić information content (AvgIpc) is 2.99. The Morgan fingerprint density at radius 1 is 1.19 bits per heavy atom. The van der Waals surface area contributed by atoms with Gasteiger partial charge in [-0.15, -0.1) is 0 Å². The molecular formula is C17H18F2N4O3. The van der Waals surface area contributed by atoms with Crippen LogP contribution in [0, 0.1) is 11.6 Å². The largest absolute Gasteiger partial charge is 0.364 e. The van der Waals surface area contributed by atoms with Crippen LogP contribution in [-0.2, 0) is 16.1 Å². The quantitative estimate of drug-likeness (QED) is 0.722. The third kappa shape index (κ3) is 2.63. The highest BCUT2D eigenvalue weighted by molar-refractivity contribution is 6.05. The lowest BCUT2D eigenvalue weighted by molar-refractivity contribution is -0.136. The first-order chi connectivity index (χ1) is 15.4. The van der Waals surface area contributed by atoms with Gasteiger partial charge in [-0.2, -0.15) is 0 Å². The molecule has 0 saturated carbocycles. The van der Waals surface area contributed by atoms with Gasteiger partial charge in [-0.05, 0) is 12.5 Å². The number of hydrogen-bond donors (Lipinski definition) is 2. The number of benzene rings is 1. The van der Waals surface area contributed by atoms with E-state index in [0.717, 1.165) is 4.90 Å². The van der Waals surface area contributed by atoms with Crippen LogP contribution in [0.2, 0.25) is 0 Å². The maximum Gasteiger partial charge on any atom is 0.255 e. The maximum atomic E-state index is 15.7. The van der Waals surface area contributed by atoms with Crippen LogP contribution in [-0.4, -0.2) is 54.7 Å². The van der Waals surface area contributed by atoms with Gasteiger partial charge in [0.2, 0.25) is 11.8 Å². The summed E-state index contributed by atoms with van der Waals surface area (Å²) in [5.41, 5.74) is -2.41. The van der Waals surface area contributed by atoms with Gasteiger partial charge in [-0.1, -0.05) is 0 Å². The van der Waals surface area contributed by atoms with E-state index in [1.165, 1.54) is 0 Å².